The van der Waals surface area contributed by atoms with Gasteiger partial charge in [-0.3, -0.25) is 4.99 Å². The van der Waals surface area contributed by atoms with Crippen molar-refractivity contribution in [3.05, 3.63) is 48.6 Å². The number of nitrogens with zero attached hydrogens (tertiary/aromatic N) is 1. The van der Waals surface area contributed by atoms with Gasteiger partial charge < -0.3 is 10.1 Å². The van der Waals surface area contributed by atoms with Crippen LogP contribution >= 0.6 is 15.9 Å². The number of alkyl halides is 1. The van der Waals surface area contributed by atoms with Crippen LogP contribution in [0.25, 0.3) is 0 Å². The van der Waals surface area contributed by atoms with E-state index in [1.807, 2.05) is 36.6 Å². The van der Waals surface area contributed by atoms with Crippen molar-refractivity contribution in [2.24, 2.45) is 4.99 Å². The Bertz CT molecular complexity index is 565. The quantitative estimate of drug-likeness (QED) is 0.567. The number of methoxy groups -OCH3 is 1. The molecule has 2 rings (SSSR count). The highest BCUT2D eigenvalue weighted by Crippen LogP contribution is 2.32. The average molecular weight is 363 g/mol. The van der Waals surface area contributed by atoms with Crippen LogP contribution < -0.4 is 10.1 Å². The van der Waals surface area contributed by atoms with E-state index in [1.54, 1.807) is 7.11 Å². The van der Waals surface area contributed by atoms with Gasteiger partial charge in [0, 0.05) is 17.9 Å². The Balaban J connectivity index is 2.14. The maximum absolute atomic E-state index is 5.21. The number of aliphatic imine (C=N–C) groups is 1. The predicted octanol–water partition coefficient (Wildman–Crippen LogP) is 4.61. The number of ether oxygens (including phenoxy) is 1. The summed E-state index contributed by atoms with van der Waals surface area (Å²) >= 11 is 3.88. The van der Waals surface area contributed by atoms with Gasteiger partial charge in [-0.25, -0.2) is 0 Å². The van der Waals surface area contributed by atoms with Crippen LogP contribution in [-0.4, -0.2) is 30.2 Å². The van der Waals surface area contributed by atoms with Crippen molar-refractivity contribution >= 4 is 27.8 Å². The number of anilines is 1. The maximum Gasteiger partial charge on any atom is 0.119 e. The third-order valence-electron chi connectivity index (χ3n) is 3.77. The Labute approximate surface area is 141 Å². The minimum Gasteiger partial charge on any atom is -0.497 e. The van der Waals surface area contributed by atoms with Gasteiger partial charge >= 0.3 is 0 Å². The molecule has 0 radical (unpaired) electrons. The van der Waals surface area contributed by atoms with Gasteiger partial charge in [-0.1, -0.05) is 27.6 Å². The van der Waals surface area contributed by atoms with Gasteiger partial charge in [0.2, 0.25) is 0 Å². The molecule has 0 bridgehead atoms. The van der Waals surface area contributed by atoms with Crippen LogP contribution in [0.1, 0.15) is 19.8 Å². The topological polar surface area (TPSA) is 33.6 Å². The summed E-state index contributed by atoms with van der Waals surface area (Å²) in [6, 6.07) is 8.24. The largest absolute Gasteiger partial charge is 0.497 e. The first-order valence-electron chi connectivity index (χ1n) is 7.45. The summed E-state index contributed by atoms with van der Waals surface area (Å²) in [5.41, 5.74) is 2.27. The van der Waals surface area contributed by atoms with Crippen molar-refractivity contribution in [1.82, 2.24) is 0 Å². The lowest BCUT2D eigenvalue weighted by Gasteiger charge is -2.35. The van der Waals surface area contributed by atoms with Crippen LogP contribution in [0.5, 0.6) is 5.75 Å². The first kappa shape index (κ1) is 16.8. The molecule has 2 atom stereocenters. The molecule has 1 heterocycles. The third kappa shape index (κ3) is 4.47. The van der Waals surface area contributed by atoms with E-state index in [0.29, 0.717) is 0 Å². The van der Waals surface area contributed by atoms with E-state index in [-0.39, 0.29) is 10.4 Å². The third-order valence-corrected chi connectivity index (χ3v) is 4.84. The molecule has 0 amide bonds. The second-order valence-corrected chi connectivity index (χ2v) is 7.17. The fraction of sp³-hybridized carbons (Fsp3) is 0.389. The Morgan fingerprint density at radius 2 is 2.18 bits per heavy atom. The molecule has 0 saturated heterocycles. The SMILES string of the molecule is C=C(C)CCC(Nc1ccc(OC)cc1)C1(Br)C=CC=NC1. The zero-order valence-corrected chi connectivity index (χ0v) is 14.8. The molecule has 0 aliphatic carbocycles. The molecule has 0 saturated carbocycles. The van der Waals surface area contributed by atoms with Crippen molar-refractivity contribution in [3.8, 4) is 5.75 Å². The Morgan fingerprint density at radius 3 is 2.73 bits per heavy atom. The van der Waals surface area contributed by atoms with Gasteiger partial charge in [-0.15, -0.1) is 6.58 Å². The number of benzene rings is 1. The van der Waals surface area contributed by atoms with Crippen LogP contribution in [0.15, 0.2) is 53.6 Å². The van der Waals surface area contributed by atoms with E-state index in [4.69, 9.17) is 4.74 Å². The summed E-state index contributed by atoms with van der Waals surface area (Å²) in [6.45, 7) is 6.82. The van der Waals surface area contributed by atoms with Gasteiger partial charge in [0.1, 0.15) is 5.75 Å². The van der Waals surface area contributed by atoms with Crippen LogP contribution in [0.3, 0.4) is 0 Å². The lowest BCUT2D eigenvalue weighted by Crippen LogP contribution is -2.43. The summed E-state index contributed by atoms with van der Waals surface area (Å²) in [6.07, 6.45) is 8.01. The second-order valence-electron chi connectivity index (χ2n) is 5.70. The van der Waals surface area contributed by atoms with Crippen molar-refractivity contribution in [1.29, 1.82) is 0 Å². The number of rotatable bonds is 7. The molecule has 1 aliphatic rings. The number of hydrogen-bond acceptors (Lipinski definition) is 3. The molecule has 3 nitrogen and oxygen atoms in total. The number of halogens is 1. The van der Waals surface area contributed by atoms with Gasteiger partial charge in [-0.05, 0) is 50.1 Å². The molecule has 0 spiro atoms. The maximum atomic E-state index is 5.21. The smallest absolute Gasteiger partial charge is 0.119 e. The second kappa shape index (κ2) is 7.63. The summed E-state index contributed by atoms with van der Waals surface area (Å²) < 4.78 is 5.04. The zero-order chi connectivity index (χ0) is 16.0. The zero-order valence-electron chi connectivity index (χ0n) is 13.2. The molecule has 1 aliphatic heterocycles. The molecule has 0 aromatic heterocycles. The van der Waals surface area contributed by atoms with Crippen molar-refractivity contribution in [3.63, 3.8) is 0 Å². The highest BCUT2D eigenvalue weighted by atomic mass is 79.9. The first-order chi connectivity index (χ1) is 10.5. The van der Waals surface area contributed by atoms with Crippen molar-refractivity contribution in [2.75, 3.05) is 19.0 Å². The number of allylic oxidation sites excluding steroid dienone is 2. The van der Waals surface area contributed by atoms with E-state index < -0.39 is 0 Å². The fourth-order valence-corrected chi connectivity index (χ4v) is 3.09. The lowest BCUT2D eigenvalue weighted by molar-refractivity contribution is 0.415. The molecule has 1 aromatic rings. The van der Waals surface area contributed by atoms with Crippen molar-refractivity contribution in [2.45, 2.75) is 30.1 Å². The van der Waals surface area contributed by atoms with E-state index in [2.05, 4.69) is 45.8 Å². The van der Waals surface area contributed by atoms with Crippen LogP contribution in [0.4, 0.5) is 5.69 Å². The Hall–Kier alpha value is -1.55. The first-order valence-corrected chi connectivity index (χ1v) is 8.24. The average Bonchev–Trinajstić information content (AvgIpc) is 2.52. The van der Waals surface area contributed by atoms with E-state index >= 15 is 0 Å². The highest BCUT2D eigenvalue weighted by molar-refractivity contribution is 9.10. The molecular formula is C18H23BrN2O. The molecule has 1 aromatic carbocycles. The van der Waals surface area contributed by atoms with Gasteiger partial charge in [-0.2, -0.15) is 0 Å². The predicted molar refractivity (Wildman–Crippen MR) is 98.6 cm³/mol. The van der Waals surface area contributed by atoms with Gasteiger partial charge in [0.25, 0.3) is 0 Å². The Kier molecular flexibility index (Phi) is 5.83. The van der Waals surface area contributed by atoms with Gasteiger partial charge in [0.05, 0.1) is 18.0 Å². The number of hydrogen-bond donors (Lipinski definition) is 1. The number of dihydropyridines is 1. The highest BCUT2D eigenvalue weighted by Gasteiger charge is 2.34. The summed E-state index contributed by atoms with van der Waals surface area (Å²) in [5.74, 6) is 0.861. The van der Waals surface area contributed by atoms with Crippen LogP contribution in [0.2, 0.25) is 0 Å². The standard InChI is InChI=1S/C18H23BrN2O/c1-14(2)5-10-17(18(19)11-4-12-20-13-18)21-15-6-8-16(22-3)9-7-15/h4,6-9,11-12,17,21H,1,5,10,13H2,2-3H3. The van der Waals surface area contributed by atoms with E-state index in [1.165, 1.54) is 5.57 Å². The lowest BCUT2D eigenvalue weighted by atomic mass is 9.92. The monoisotopic (exact) mass is 362 g/mol. The molecule has 0 fully saturated rings. The summed E-state index contributed by atoms with van der Waals surface area (Å²) in [5, 5.41) is 3.63. The molecule has 1 N–H and O–H groups in total. The normalized spacial score (nSPS) is 21.4. The molecular weight excluding hydrogens is 340 g/mol. The fourth-order valence-electron chi connectivity index (χ4n) is 2.45. The van der Waals surface area contributed by atoms with Crippen molar-refractivity contribution < 1.29 is 4.74 Å². The van der Waals surface area contributed by atoms with E-state index in [0.717, 1.165) is 30.8 Å². The minimum atomic E-state index is -0.170. The van der Waals surface area contributed by atoms with Crippen LogP contribution in [-0.2, 0) is 0 Å². The van der Waals surface area contributed by atoms with Crippen LogP contribution in [0, 0.1) is 0 Å². The molecule has 2 unspecified atom stereocenters. The molecule has 118 valence electrons. The molecule has 22 heavy (non-hydrogen) atoms. The Morgan fingerprint density at radius 1 is 1.45 bits per heavy atom. The molecule has 4 heteroatoms. The summed E-state index contributed by atoms with van der Waals surface area (Å²) in [7, 11) is 1.68. The van der Waals surface area contributed by atoms with E-state index in [9.17, 15) is 0 Å². The minimum absolute atomic E-state index is 0.170. The summed E-state index contributed by atoms with van der Waals surface area (Å²) in [4.78, 5) is 4.41. The van der Waals surface area contributed by atoms with Gasteiger partial charge in [0.15, 0.2) is 0 Å². The number of nitrogens with one attached hydrogen (secondary N) is 1.